The van der Waals surface area contributed by atoms with Gasteiger partial charge in [-0.05, 0) is 38.3 Å². The van der Waals surface area contributed by atoms with E-state index in [1.165, 1.54) is 0 Å². The molecule has 0 amide bonds. The molecule has 7 nitrogen and oxygen atoms in total. The van der Waals surface area contributed by atoms with Gasteiger partial charge in [-0.15, -0.1) is 5.10 Å². The summed E-state index contributed by atoms with van der Waals surface area (Å²) >= 11 is 0. The van der Waals surface area contributed by atoms with Crippen LogP contribution < -0.4 is 10.0 Å². The van der Waals surface area contributed by atoms with Crippen molar-refractivity contribution in [3.8, 4) is 0 Å². The third-order valence-corrected chi connectivity index (χ3v) is 4.81. The minimum atomic E-state index is -3.17. The molecule has 2 rings (SSSR count). The Morgan fingerprint density at radius 1 is 1.37 bits per heavy atom. The van der Waals surface area contributed by atoms with Gasteiger partial charge >= 0.3 is 0 Å². The molecule has 1 fully saturated rings. The van der Waals surface area contributed by atoms with E-state index < -0.39 is 10.0 Å². The van der Waals surface area contributed by atoms with Gasteiger partial charge in [-0.25, -0.2) is 13.1 Å². The van der Waals surface area contributed by atoms with Crippen LogP contribution >= 0.6 is 0 Å². The second-order valence-electron chi connectivity index (χ2n) is 4.86. The van der Waals surface area contributed by atoms with Gasteiger partial charge in [-0.3, -0.25) is 4.68 Å². The molecule has 0 aliphatic carbocycles. The summed E-state index contributed by atoms with van der Waals surface area (Å²) in [5, 5.41) is 10.7. The number of nitrogens with zero attached hydrogens (tertiary/aromatic N) is 3. The maximum atomic E-state index is 11.8. The average molecular weight is 287 g/mol. The Bertz CT molecular complexity index is 453. The summed E-state index contributed by atoms with van der Waals surface area (Å²) in [7, 11) is -3.17. The van der Waals surface area contributed by atoms with E-state index in [0.717, 1.165) is 32.4 Å². The minimum absolute atomic E-state index is 0.217. The van der Waals surface area contributed by atoms with Crippen LogP contribution in [-0.4, -0.2) is 48.8 Å². The molecule has 1 aromatic heterocycles. The average Bonchev–Trinajstić information content (AvgIpc) is 2.91. The van der Waals surface area contributed by atoms with Crippen LogP contribution in [-0.2, 0) is 16.6 Å². The summed E-state index contributed by atoms with van der Waals surface area (Å²) in [5.41, 5.74) is 0. The standard InChI is InChI=1S/C11H21N5O2S/c17-19(18,10-3-11-1-4-12-5-2-11)14-7-9-16-8-6-13-15-16/h6,8,11-12,14H,1-5,7,9-10H2. The van der Waals surface area contributed by atoms with E-state index in [0.29, 0.717) is 19.0 Å². The second kappa shape index (κ2) is 6.97. The molecule has 0 unspecified atom stereocenters. The molecule has 1 saturated heterocycles. The molecule has 0 aromatic carbocycles. The van der Waals surface area contributed by atoms with Gasteiger partial charge in [0.1, 0.15) is 0 Å². The number of rotatable bonds is 7. The van der Waals surface area contributed by atoms with Crippen LogP contribution in [0.15, 0.2) is 12.4 Å². The summed E-state index contributed by atoms with van der Waals surface area (Å²) in [6.07, 6.45) is 6.19. The quantitative estimate of drug-likeness (QED) is 0.711. The van der Waals surface area contributed by atoms with Gasteiger partial charge in [0, 0.05) is 12.7 Å². The predicted octanol–water partition coefficient (Wildman–Crippen LogP) is -0.413. The Morgan fingerprint density at radius 2 is 2.16 bits per heavy atom. The van der Waals surface area contributed by atoms with Crippen molar-refractivity contribution in [2.45, 2.75) is 25.8 Å². The Morgan fingerprint density at radius 3 is 2.84 bits per heavy atom. The third kappa shape index (κ3) is 5.25. The van der Waals surface area contributed by atoms with Crippen molar-refractivity contribution in [3.63, 3.8) is 0 Å². The maximum Gasteiger partial charge on any atom is 0.211 e. The fraction of sp³-hybridized carbons (Fsp3) is 0.818. The van der Waals surface area contributed by atoms with Crippen molar-refractivity contribution in [1.82, 2.24) is 25.0 Å². The second-order valence-corrected chi connectivity index (χ2v) is 6.79. The largest absolute Gasteiger partial charge is 0.317 e. The smallest absolute Gasteiger partial charge is 0.211 e. The number of hydrogen-bond acceptors (Lipinski definition) is 5. The van der Waals surface area contributed by atoms with Gasteiger partial charge in [0.15, 0.2) is 0 Å². The van der Waals surface area contributed by atoms with Crippen LogP contribution in [0.3, 0.4) is 0 Å². The van der Waals surface area contributed by atoms with Crippen molar-refractivity contribution in [3.05, 3.63) is 12.4 Å². The Labute approximate surface area is 113 Å². The van der Waals surface area contributed by atoms with E-state index in [4.69, 9.17) is 0 Å². The van der Waals surface area contributed by atoms with Crippen LogP contribution in [0.5, 0.6) is 0 Å². The van der Waals surface area contributed by atoms with Crippen LogP contribution in [0.1, 0.15) is 19.3 Å². The number of sulfonamides is 1. The lowest BCUT2D eigenvalue weighted by Crippen LogP contribution is -2.32. The number of hydrogen-bond donors (Lipinski definition) is 2. The molecule has 8 heteroatoms. The van der Waals surface area contributed by atoms with Gasteiger partial charge in [0.25, 0.3) is 0 Å². The highest BCUT2D eigenvalue weighted by Crippen LogP contribution is 2.16. The molecule has 1 aliphatic heterocycles. The lowest BCUT2D eigenvalue weighted by Gasteiger charge is -2.22. The molecule has 0 atom stereocenters. The Balaban J connectivity index is 1.66. The van der Waals surface area contributed by atoms with Gasteiger partial charge in [-0.2, -0.15) is 0 Å². The number of aromatic nitrogens is 3. The molecule has 2 heterocycles. The summed E-state index contributed by atoms with van der Waals surface area (Å²) < 4.78 is 27.9. The van der Waals surface area contributed by atoms with E-state index in [1.54, 1.807) is 17.1 Å². The molecular formula is C11H21N5O2S. The maximum absolute atomic E-state index is 11.8. The van der Waals surface area contributed by atoms with Crippen molar-refractivity contribution < 1.29 is 8.42 Å². The Hall–Kier alpha value is -0.990. The highest BCUT2D eigenvalue weighted by atomic mass is 32.2. The summed E-state index contributed by atoms with van der Waals surface area (Å²) in [6, 6.07) is 0. The lowest BCUT2D eigenvalue weighted by atomic mass is 9.96. The summed E-state index contributed by atoms with van der Waals surface area (Å²) in [4.78, 5) is 0. The van der Waals surface area contributed by atoms with Crippen LogP contribution in [0.2, 0.25) is 0 Å². The fourth-order valence-corrected chi connectivity index (χ4v) is 3.42. The zero-order valence-electron chi connectivity index (χ0n) is 11.0. The lowest BCUT2D eigenvalue weighted by molar-refractivity contribution is 0.365. The van der Waals surface area contributed by atoms with Crippen LogP contribution in [0, 0.1) is 5.92 Å². The molecule has 0 radical (unpaired) electrons. The zero-order chi connectivity index (χ0) is 13.6. The van der Waals surface area contributed by atoms with Gasteiger partial charge in [-0.1, -0.05) is 5.21 Å². The minimum Gasteiger partial charge on any atom is -0.317 e. The predicted molar refractivity (Wildman–Crippen MR) is 72.0 cm³/mol. The number of nitrogens with one attached hydrogen (secondary N) is 2. The molecule has 1 aromatic rings. The normalized spacial score (nSPS) is 17.7. The summed E-state index contributed by atoms with van der Waals surface area (Å²) in [6.45, 7) is 2.87. The van der Waals surface area contributed by atoms with Crippen molar-refractivity contribution in [2.75, 3.05) is 25.4 Å². The van der Waals surface area contributed by atoms with E-state index in [9.17, 15) is 8.42 Å². The van der Waals surface area contributed by atoms with E-state index in [2.05, 4.69) is 20.4 Å². The van der Waals surface area contributed by atoms with Gasteiger partial charge in [0.05, 0.1) is 18.5 Å². The van der Waals surface area contributed by atoms with Crippen molar-refractivity contribution in [1.29, 1.82) is 0 Å². The van der Waals surface area contributed by atoms with E-state index in [-0.39, 0.29) is 5.75 Å². The molecular weight excluding hydrogens is 266 g/mol. The third-order valence-electron chi connectivity index (χ3n) is 3.39. The SMILES string of the molecule is O=S(=O)(CCC1CCNCC1)NCCn1ccnn1. The Kier molecular flexibility index (Phi) is 5.29. The molecule has 0 spiro atoms. The molecule has 1 aliphatic rings. The van der Waals surface area contributed by atoms with Gasteiger partial charge in [0.2, 0.25) is 10.0 Å². The molecule has 0 bridgehead atoms. The van der Waals surface area contributed by atoms with Gasteiger partial charge < -0.3 is 5.32 Å². The first-order valence-corrected chi connectivity index (χ1v) is 8.33. The van der Waals surface area contributed by atoms with Crippen LogP contribution in [0.4, 0.5) is 0 Å². The molecule has 108 valence electrons. The van der Waals surface area contributed by atoms with E-state index >= 15 is 0 Å². The monoisotopic (exact) mass is 287 g/mol. The first-order chi connectivity index (χ1) is 9.16. The number of piperidine rings is 1. The molecule has 19 heavy (non-hydrogen) atoms. The van der Waals surface area contributed by atoms with E-state index in [1.807, 2.05) is 0 Å². The molecule has 0 saturated carbocycles. The first kappa shape index (κ1) is 14.4. The molecule has 2 N–H and O–H groups in total. The first-order valence-electron chi connectivity index (χ1n) is 6.68. The zero-order valence-corrected chi connectivity index (χ0v) is 11.8. The fourth-order valence-electron chi connectivity index (χ4n) is 2.23. The topological polar surface area (TPSA) is 88.9 Å². The highest BCUT2D eigenvalue weighted by molar-refractivity contribution is 7.89. The van der Waals surface area contributed by atoms with Crippen LogP contribution in [0.25, 0.3) is 0 Å². The van der Waals surface area contributed by atoms with Crippen molar-refractivity contribution >= 4 is 10.0 Å². The highest BCUT2D eigenvalue weighted by Gasteiger charge is 2.17. The summed E-state index contributed by atoms with van der Waals surface area (Å²) in [5.74, 6) is 0.753. The van der Waals surface area contributed by atoms with Crippen molar-refractivity contribution in [2.24, 2.45) is 5.92 Å².